The molecule has 3 fully saturated rings. The van der Waals surface area contributed by atoms with Crippen molar-refractivity contribution in [2.75, 3.05) is 25.1 Å². The predicted octanol–water partition coefficient (Wildman–Crippen LogP) is 1.49. The van der Waals surface area contributed by atoms with Gasteiger partial charge in [0, 0.05) is 24.1 Å². The Morgan fingerprint density at radius 2 is 1.76 bits per heavy atom. The van der Waals surface area contributed by atoms with Crippen molar-refractivity contribution in [1.29, 1.82) is 0 Å². The summed E-state index contributed by atoms with van der Waals surface area (Å²) in [5, 5.41) is 2.97. The SMILES string of the molecule is CSCC(=O)NC1CCN2C(=O)C3C(SCc4ccc(F)cc4)CCN3C(=O)C12. The highest BCUT2D eigenvalue weighted by atomic mass is 32.2. The minimum atomic E-state index is -0.578. The number of carbonyl (C=O) groups is 3. The summed E-state index contributed by atoms with van der Waals surface area (Å²) >= 11 is 3.08. The van der Waals surface area contributed by atoms with E-state index in [1.165, 1.54) is 23.9 Å². The van der Waals surface area contributed by atoms with Crippen LogP contribution in [0.25, 0.3) is 0 Å². The van der Waals surface area contributed by atoms with E-state index >= 15 is 0 Å². The van der Waals surface area contributed by atoms with Crippen LogP contribution in [0.5, 0.6) is 0 Å². The van der Waals surface area contributed by atoms with Crippen molar-refractivity contribution < 1.29 is 18.8 Å². The van der Waals surface area contributed by atoms with E-state index < -0.39 is 12.1 Å². The minimum Gasteiger partial charge on any atom is -0.350 e. The second-order valence-electron chi connectivity index (χ2n) is 7.61. The molecule has 3 saturated heterocycles. The van der Waals surface area contributed by atoms with E-state index in [1.54, 1.807) is 33.7 Å². The molecule has 29 heavy (non-hydrogen) atoms. The lowest BCUT2D eigenvalue weighted by molar-refractivity contribution is -0.157. The molecule has 156 valence electrons. The number of carbonyl (C=O) groups excluding carboxylic acids is 3. The summed E-state index contributed by atoms with van der Waals surface area (Å²) in [6.45, 7) is 1.06. The van der Waals surface area contributed by atoms with Crippen LogP contribution in [-0.4, -0.2) is 76.0 Å². The van der Waals surface area contributed by atoms with Gasteiger partial charge >= 0.3 is 0 Å². The lowest BCUT2D eigenvalue weighted by atomic mass is 10.0. The van der Waals surface area contributed by atoms with Crippen LogP contribution in [0.4, 0.5) is 4.39 Å². The molecule has 0 radical (unpaired) electrons. The molecule has 0 bridgehead atoms. The van der Waals surface area contributed by atoms with Crippen LogP contribution in [0.15, 0.2) is 24.3 Å². The number of thioether (sulfide) groups is 2. The summed E-state index contributed by atoms with van der Waals surface area (Å²) in [6.07, 6.45) is 3.22. The molecule has 3 amide bonds. The van der Waals surface area contributed by atoms with Gasteiger partial charge in [-0.15, -0.1) is 0 Å². The summed E-state index contributed by atoms with van der Waals surface area (Å²) < 4.78 is 13.1. The maximum atomic E-state index is 13.2. The average Bonchev–Trinajstić information content (AvgIpc) is 3.31. The number of benzene rings is 1. The molecule has 4 unspecified atom stereocenters. The van der Waals surface area contributed by atoms with Gasteiger partial charge in [-0.1, -0.05) is 12.1 Å². The summed E-state index contributed by atoms with van der Waals surface area (Å²) in [6, 6.07) is 5.05. The first kappa shape index (κ1) is 20.5. The Morgan fingerprint density at radius 3 is 2.48 bits per heavy atom. The van der Waals surface area contributed by atoms with Gasteiger partial charge in [0.05, 0.1) is 11.8 Å². The Labute approximate surface area is 177 Å². The fourth-order valence-electron chi connectivity index (χ4n) is 4.48. The molecule has 3 aliphatic rings. The Hall–Kier alpha value is -1.74. The number of amides is 3. The maximum absolute atomic E-state index is 13.2. The molecule has 1 aromatic rings. The highest BCUT2D eigenvalue weighted by molar-refractivity contribution is 7.99. The fourth-order valence-corrected chi connectivity index (χ4v) is 6.14. The van der Waals surface area contributed by atoms with Gasteiger partial charge in [-0.25, -0.2) is 4.39 Å². The topological polar surface area (TPSA) is 69.7 Å². The molecule has 3 heterocycles. The van der Waals surface area contributed by atoms with Crippen molar-refractivity contribution in [3.8, 4) is 0 Å². The Balaban J connectivity index is 1.44. The molecule has 3 aliphatic heterocycles. The van der Waals surface area contributed by atoms with Crippen molar-refractivity contribution in [2.24, 2.45) is 0 Å². The summed E-state index contributed by atoms with van der Waals surface area (Å²) in [5.41, 5.74) is 1.00. The molecule has 0 aromatic heterocycles. The van der Waals surface area contributed by atoms with E-state index in [0.29, 0.717) is 31.0 Å². The third kappa shape index (κ3) is 3.99. The van der Waals surface area contributed by atoms with E-state index in [1.807, 2.05) is 6.26 Å². The lowest BCUT2D eigenvalue weighted by Gasteiger charge is -2.41. The fraction of sp³-hybridized carbons (Fsp3) is 0.550. The molecule has 4 rings (SSSR count). The first-order chi connectivity index (χ1) is 14.0. The number of rotatable bonds is 6. The standard InChI is InChI=1S/C20H24FN3O3S2/c1-28-11-16(25)22-14-6-8-23-17(14)19(26)24-9-7-15(18(24)20(23)27)29-10-12-2-4-13(21)5-3-12/h2-5,14-15,17-18H,6-11H2,1H3,(H,22,25). The lowest BCUT2D eigenvalue weighted by Crippen LogP contribution is -2.65. The number of hydrogen-bond donors (Lipinski definition) is 1. The molecular formula is C20H24FN3O3S2. The van der Waals surface area contributed by atoms with Gasteiger partial charge < -0.3 is 15.1 Å². The van der Waals surface area contributed by atoms with Gasteiger partial charge in [-0.3, -0.25) is 14.4 Å². The van der Waals surface area contributed by atoms with Crippen LogP contribution in [0.2, 0.25) is 0 Å². The average molecular weight is 438 g/mol. The predicted molar refractivity (Wildman–Crippen MR) is 112 cm³/mol. The van der Waals surface area contributed by atoms with Gasteiger partial charge in [0.1, 0.15) is 17.9 Å². The van der Waals surface area contributed by atoms with Crippen LogP contribution in [0, 0.1) is 5.82 Å². The molecule has 0 saturated carbocycles. The third-order valence-electron chi connectivity index (χ3n) is 5.81. The number of fused-ring (bicyclic) bond motifs is 2. The monoisotopic (exact) mass is 437 g/mol. The number of hydrogen-bond acceptors (Lipinski definition) is 5. The van der Waals surface area contributed by atoms with E-state index in [-0.39, 0.29) is 34.8 Å². The van der Waals surface area contributed by atoms with Crippen LogP contribution < -0.4 is 5.32 Å². The van der Waals surface area contributed by atoms with Crippen LogP contribution in [0.1, 0.15) is 18.4 Å². The normalized spacial score (nSPS) is 28.5. The van der Waals surface area contributed by atoms with Crippen molar-refractivity contribution >= 4 is 41.2 Å². The van der Waals surface area contributed by atoms with E-state index in [9.17, 15) is 18.8 Å². The van der Waals surface area contributed by atoms with Crippen molar-refractivity contribution in [1.82, 2.24) is 15.1 Å². The van der Waals surface area contributed by atoms with E-state index in [4.69, 9.17) is 0 Å². The minimum absolute atomic E-state index is 0.00896. The Kier molecular flexibility index (Phi) is 6.06. The Morgan fingerprint density at radius 1 is 1.10 bits per heavy atom. The highest BCUT2D eigenvalue weighted by Gasteiger charge is 2.56. The van der Waals surface area contributed by atoms with Gasteiger partial charge in [0.2, 0.25) is 17.7 Å². The van der Waals surface area contributed by atoms with Gasteiger partial charge in [-0.2, -0.15) is 23.5 Å². The Bertz CT molecular complexity index is 807. The van der Waals surface area contributed by atoms with E-state index in [0.717, 1.165) is 12.0 Å². The number of piperazine rings is 1. The maximum Gasteiger partial charge on any atom is 0.248 e. The van der Waals surface area contributed by atoms with Gasteiger partial charge in [0.25, 0.3) is 0 Å². The summed E-state index contributed by atoms with van der Waals surface area (Å²) in [7, 11) is 0. The number of nitrogens with one attached hydrogen (secondary N) is 1. The van der Waals surface area contributed by atoms with Crippen LogP contribution >= 0.6 is 23.5 Å². The van der Waals surface area contributed by atoms with Crippen molar-refractivity contribution in [2.45, 2.75) is 42.0 Å². The molecule has 6 nitrogen and oxygen atoms in total. The van der Waals surface area contributed by atoms with Gasteiger partial charge in [0.15, 0.2) is 0 Å². The second kappa shape index (κ2) is 8.55. The van der Waals surface area contributed by atoms with Crippen LogP contribution in [0.3, 0.4) is 0 Å². The van der Waals surface area contributed by atoms with E-state index in [2.05, 4.69) is 5.32 Å². The largest absolute Gasteiger partial charge is 0.350 e. The number of nitrogens with zero attached hydrogens (tertiary/aromatic N) is 2. The molecule has 1 N–H and O–H groups in total. The quantitative estimate of drug-likeness (QED) is 0.730. The molecule has 9 heteroatoms. The number of halogens is 1. The molecular weight excluding hydrogens is 413 g/mol. The smallest absolute Gasteiger partial charge is 0.248 e. The van der Waals surface area contributed by atoms with Crippen LogP contribution in [-0.2, 0) is 20.1 Å². The first-order valence-electron chi connectivity index (χ1n) is 9.75. The third-order valence-corrected chi connectivity index (χ3v) is 7.78. The first-order valence-corrected chi connectivity index (χ1v) is 12.2. The van der Waals surface area contributed by atoms with Crippen molar-refractivity contribution in [3.05, 3.63) is 35.6 Å². The second-order valence-corrected chi connectivity index (χ2v) is 9.71. The zero-order valence-corrected chi connectivity index (χ0v) is 17.8. The molecule has 0 spiro atoms. The molecule has 4 atom stereocenters. The van der Waals surface area contributed by atoms with Crippen molar-refractivity contribution in [3.63, 3.8) is 0 Å². The van der Waals surface area contributed by atoms with Gasteiger partial charge in [-0.05, 0) is 36.8 Å². The highest BCUT2D eigenvalue weighted by Crippen LogP contribution is 2.38. The molecule has 0 aliphatic carbocycles. The zero-order chi connectivity index (χ0) is 20.5. The summed E-state index contributed by atoms with van der Waals surface area (Å²) in [4.78, 5) is 41.8. The zero-order valence-electron chi connectivity index (χ0n) is 16.2. The molecule has 1 aromatic carbocycles. The summed E-state index contributed by atoms with van der Waals surface area (Å²) in [5.74, 6) is 0.601.